The van der Waals surface area contributed by atoms with Crippen LogP contribution in [0.4, 0.5) is 4.39 Å². The number of halogens is 1. The van der Waals surface area contributed by atoms with Crippen molar-refractivity contribution in [1.29, 1.82) is 0 Å². The minimum atomic E-state index is -0.306. The molecule has 0 N–H and O–H groups in total. The first-order chi connectivity index (χ1) is 7.70. The highest BCUT2D eigenvalue weighted by Gasteiger charge is 2.29. The molecule has 1 aromatic rings. The molecule has 0 radical (unpaired) electrons. The molecular formula is C13H15FO2. The lowest BCUT2D eigenvalue weighted by molar-refractivity contribution is -0.359. The summed E-state index contributed by atoms with van der Waals surface area (Å²) in [5.41, 5.74) is 1.54. The Hall–Kier alpha value is -1.19. The van der Waals surface area contributed by atoms with E-state index in [4.69, 9.17) is 9.47 Å². The van der Waals surface area contributed by atoms with Gasteiger partial charge in [-0.05, 0) is 31.1 Å². The highest BCUT2D eigenvalue weighted by Crippen LogP contribution is 2.27. The zero-order chi connectivity index (χ0) is 11.5. The summed E-state index contributed by atoms with van der Waals surface area (Å²) < 4.78 is 24.2. The van der Waals surface area contributed by atoms with E-state index >= 15 is 0 Å². The molecular weight excluding hydrogens is 207 g/mol. The molecule has 1 aromatic carbocycles. The van der Waals surface area contributed by atoms with Crippen LogP contribution in [-0.2, 0) is 9.47 Å². The topological polar surface area (TPSA) is 18.5 Å². The van der Waals surface area contributed by atoms with Gasteiger partial charge in [0.15, 0.2) is 12.6 Å². The second-order valence-electron chi connectivity index (χ2n) is 3.77. The Morgan fingerprint density at radius 3 is 2.62 bits per heavy atom. The Morgan fingerprint density at radius 1 is 1.38 bits per heavy atom. The average molecular weight is 222 g/mol. The minimum absolute atomic E-state index is 0.152. The van der Waals surface area contributed by atoms with E-state index in [0.29, 0.717) is 5.56 Å². The van der Waals surface area contributed by atoms with Crippen molar-refractivity contribution < 1.29 is 13.9 Å². The average Bonchev–Trinajstić information content (AvgIpc) is 2.24. The molecule has 0 spiro atoms. The summed E-state index contributed by atoms with van der Waals surface area (Å²) in [6.07, 6.45) is 2.12. The standard InChI is InChI=1S/C13H15FO2/c1-3-10(13-15-9(2)16-13)8-11-6-4-5-7-12(11)14/h4-9,13H,3H2,1-2H3/b10-8+. The van der Waals surface area contributed by atoms with Gasteiger partial charge in [-0.2, -0.15) is 0 Å². The van der Waals surface area contributed by atoms with Crippen molar-refractivity contribution in [3.8, 4) is 0 Å². The Morgan fingerprint density at radius 2 is 2.06 bits per heavy atom. The lowest BCUT2D eigenvalue weighted by Gasteiger charge is -2.35. The van der Waals surface area contributed by atoms with Crippen molar-refractivity contribution in [2.24, 2.45) is 0 Å². The SMILES string of the molecule is CC/C(=C\c1ccccc1F)C1OC(C)O1. The fraction of sp³-hybridized carbons (Fsp3) is 0.385. The summed E-state index contributed by atoms with van der Waals surface area (Å²) in [7, 11) is 0. The van der Waals surface area contributed by atoms with Crippen LogP contribution in [0.1, 0.15) is 25.8 Å². The zero-order valence-corrected chi connectivity index (χ0v) is 9.44. The summed E-state index contributed by atoms with van der Waals surface area (Å²) in [6, 6.07) is 6.68. The molecule has 0 unspecified atom stereocenters. The van der Waals surface area contributed by atoms with Gasteiger partial charge in [0.2, 0.25) is 0 Å². The highest BCUT2D eigenvalue weighted by atomic mass is 19.1. The number of rotatable bonds is 3. The van der Waals surface area contributed by atoms with Crippen molar-refractivity contribution in [2.45, 2.75) is 32.8 Å². The summed E-state index contributed by atoms with van der Waals surface area (Å²) in [4.78, 5) is 0. The molecule has 0 bridgehead atoms. The molecule has 1 saturated heterocycles. The van der Waals surface area contributed by atoms with Crippen molar-refractivity contribution in [1.82, 2.24) is 0 Å². The van der Waals surface area contributed by atoms with Gasteiger partial charge in [-0.25, -0.2) is 4.39 Å². The predicted octanol–water partition coefficient (Wildman–Crippen LogP) is 3.34. The molecule has 2 rings (SSSR count). The predicted molar refractivity (Wildman–Crippen MR) is 60.1 cm³/mol. The Balaban J connectivity index is 2.18. The van der Waals surface area contributed by atoms with Gasteiger partial charge >= 0.3 is 0 Å². The van der Waals surface area contributed by atoms with Crippen LogP contribution in [0.5, 0.6) is 0 Å². The molecule has 2 nitrogen and oxygen atoms in total. The summed E-state index contributed by atoms with van der Waals surface area (Å²) in [6.45, 7) is 3.84. The van der Waals surface area contributed by atoms with Crippen molar-refractivity contribution in [3.05, 3.63) is 41.2 Å². The second kappa shape index (κ2) is 4.76. The van der Waals surface area contributed by atoms with Crippen LogP contribution < -0.4 is 0 Å². The molecule has 16 heavy (non-hydrogen) atoms. The van der Waals surface area contributed by atoms with E-state index in [9.17, 15) is 4.39 Å². The van der Waals surface area contributed by atoms with E-state index in [1.54, 1.807) is 18.2 Å². The second-order valence-corrected chi connectivity index (χ2v) is 3.77. The monoisotopic (exact) mass is 222 g/mol. The van der Waals surface area contributed by atoms with Crippen molar-refractivity contribution >= 4 is 6.08 Å². The quantitative estimate of drug-likeness (QED) is 0.780. The third-order valence-electron chi connectivity index (χ3n) is 2.59. The summed E-state index contributed by atoms with van der Waals surface area (Å²) in [5.74, 6) is -0.221. The van der Waals surface area contributed by atoms with Crippen LogP contribution in [0, 0.1) is 5.82 Å². The van der Waals surface area contributed by atoms with Crippen LogP contribution in [0.15, 0.2) is 29.8 Å². The smallest absolute Gasteiger partial charge is 0.186 e. The Labute approximate surface area is 94.7 Å². The molecule has 1 aliphatic heterocycles. The van der Waals surface area contributed by atoms with Gasteiger partial charge in [-0.3, -0.25) is 0 Å². The van der Waals surface area contributed by atoms with Crippen molar-refractivity contribution in [3.63, 3.8) is 0 Å². The molecule has 3 heteroatoms. The minimum Gasteiger partial charge on any atom is -0.320 e. The normalized spacial score (nSPS) is 25.3. The molecule has 0 atom stereocenters. The third-order valence-corrected chi connectivity index (χ3v) is 2.59. The molecule has 0 saturated carbocycles. The van der Waals surface area contributed by atoms with Gasteiger partial charge in [-0.15, -0.1) is 0 Å². The first-order valence-electron chi connectivity index (χ1n) is 5.46. The Bertz CT molecular complexity index is 395. The lowest BCUT2D eigenvalue weighted by atomic mass is 10.1. The number of benzene rings is 1. The first-order valence-corrected chi connectivity index (χ1v) is 5.46. The van der Waals surface area contributed by atoms with Crippen LogP contribution in [0.3, 0.4) is 0 Å². The van der Waals surface area contributed by atoms with Gasteiger partial charge < -0.3 is 9.47 Å². The van der Waals surface area contributed by atoms with E-state index in [1.165, 1.54) is 6.07 Å². The van der Waals surface area contributed by atoms with Crippen LogP contribution in [0.25, 0.3) is 6.08 Å². The summed E-state index contributed by atoms with van der Waals surface area (Å²) in [5, 5.41) is 0. The highest BCUT2D eigenvalue weighted by molar-refractivity contribution is 5.54. The van der Waals surface area contributed by atoms with Gasteiger partial charge in [0, 0.05) is 5.56 Å². The maximum Gasteiger partial charge on any atom is 0.186 e. The molecule has 0 amide bonds. The molecule has 0 aliphatic carbocycles. The largest absolute Gasteiger partial charge is 0.320 e. The molecule has 0 aromatic heterocycles. The van der Waals surface area contributed by atoms with Gasteiger partial charge in [0.05, 0.1) is 0 Å². The number of ether oxygens (including phenoxy) is 2. The van der Waals surface area contributed by atoms with E-state index in [-0.39, 0.29) is 18.4 Å². The maximum atomic E-state index is 13.4. The van der Waals surface area contributed by atoms with Crippen LogP contribution >= 0.6 is 0 Å². The molecule has 1 fully saturated rings. The molecule has 86 valence electrons. The fourth-order valence-electron chi connectivity index (χ4n) is 1.66. The zero-order valence-electron chi connectivity index (χ0n) is 9.44. The molecule has 1 aliphatic rings. The van der Waals surface area contributed by atoms with Crippen LogP contribution in [-0.4, -0.2) is 12.6 Å². The Kier molecular flexibility index (Phi) is 3.36. The van der Waals surface area contributed by atoms with Gasteiger partial charge in [0.1, 0.15) is 5.82 Å². The summed E-state index contributed by atoms with van der Waals surface area (Å²) >= 11 is 0. The first kappa shape index (κ1) is 11.3. The van der Waals surface area contributed by atoms with E-state index in [2.05, 4.69) is 0 Å². The third kappa shape index (κ3) is 2.31. The fourth-order valence-corrected chi connectivity index (χ4v) is 1.66. The number of hydrogen-bond acceptors (Lipinski definition) is 2. The lowest BCUT2D eigenvalue weighted by Crippen LogP contribution is -2.39. The van der Waals surface area contributed by atoms with Gasteiger partial charge in [-0.1, -0.05) is 25.1 Å². The van der Waals surface area contributed by atoms with E-state index in [0.717, 1.165) is 12.0 Å². The number of hydrogen-bond donors (Lipinski definition) is 0. The molecule has 1 heterocycles. The van der Waals surface area contributed by atoms with Crippen LogP contribution in [0.2, 0.25) is 0 Å². The van der Waals surface area contributed by atoms with Crippen molar-refractivity contribution in [2.75, 3.05) is 0 Å². The van der Waals surface area contributed by atoms with E-state index < -0.39 is 0 Å². The maximum absolute atomic E-state index is 13.4. The van der Waals surface area contributed by atoms with Gasteiger partial charge in [0.25, 0.3) is 0 Å². The van der Waals surface area contributed by atoms with E-state index in [1.807, 2.05) is 19.9 Å².